The molecule has 0 saturated heterocycles. The van der Waals surface area contributed by atoms with Crippen molar-refractivity contribution in [3.05, 3.63) is 78.2 Å². The minimum absolute atomic E-state index is 0.0306. The molecule has 0 radical (unpaired) electrons. The van der Waals surface area contributed by atoms with Crippen molar-refractivity contribution in [2.24, 2.45) is 0 Å². The summed E-state index contributed by atoms with van der Waals surface area (Å²) < 4.78 is 20.9. The first-order valence-corrected chi connectivity index (χ1v) is 10.8. The molecule has 2 amide bonds. The molecular formula is C25H24FN5O3. The maximum Gasteiger partial charge on any atom is 0.279 e. The molecule has 0 saturated carbocycles. The molecule has 174 valence electrons. The van der Waals surface area contributed by atoms with Crippen LogP contribution in [0.5, 0.6) is 5.75 Å². The average molecular weight is 461 g/mol. The summed E-state index contributed by atoms with van der Waals surface area (Å²) in [6.07, 6.45) is 0.538. The molecular weight excluding hydrogens is 437 g/mol. The van der Waals surface area contributed by atoms with E-state index < -0.39 is 23.7 Å². The van der Waals surface area contributed by atoms with Crippen LogP contribution in [0.2, 0.25) is 0 Å². The quantitative estimate of drug-likeness (QED) is 0.422. The van der Waals surface area contributed by atoms with E-state index in [0.717, 1.165) is 5.56 Å². The van der Waals surface area contributed by atoms with Crippen molar-refractivity contribution in [1.29, 1.82) is 0 Å². The lowest BCUT2D eigenvalue weighted by Crippen LogP contribution is -2.47. The second-order valence-electron chi connectivity index (χ2n) is 7.98. The van der Waals surface area contributed by atoms with Gasteiger partial charge in [-0.15, -0.1) is 0 Å². The van der Waals surface area contributed by atoms with Crippen LogP contribution in [-0.2, 0) is 4.79 Å². The number of hydrogen-bond donors (Lipinski definition) is 2. The fourth-order valence-corrected chi connectivity index (χ4v) is 3.41. The van der Waals surface area contributed by atoms with Gasteiger partial charge in [-0.2, -0.15) is 5.10 Å². The molecule has 9 heteroatoms. The predicted molar refractivity (Wildman–Crippen MR) is 125 cm³/mol. The molecule has 34 heavy (non-hydrogen) atoms. The molecule has 8 nitrogen and oxygen atoms in total. The van der Waals surface area contributed by atoms with Crippen molar-refractivity contribution in [3.8, 4) is 17.0 Å². The van der Waals surface area contributed by atoms with Gasteiger partial charge in [0.15, 0.2) is 23.3 Å². The van der Waals surface area contributed by atoms with Crippen LogP contribution in [0.3, 0.4) is 0 Å². The fraction of sp³-hybridized carbons (Fsp3) is 0.200. The van der Waals surface area contributed by atoms with Gasteiger partial charge >= 0.3 is 0 Å². The Morgan fingerprint density at radius 1 is 1.00 bits per heavy atom. The lowest BCUT2D eigenvalue weighted by molar-refractivity contribution is -0.128. The third-order valence-electron chi connectivity index (χ3n) is 5.18. The fourth-order valence-electron chi connectivity index (χ4n) is 3.41. The van der Waals surface area contributed by atoms with E-state index in [0.29, 0.717) is 22.3 Å². The van der Waals surface area contributed by atoms with Crippen molar-refractivity contribution in [2.45, 2.75) is 32.9 Å². The van der Waals surface area contributed by atoms with Gasteiger partial charge in [0, 0.05) is 11.6 Å². The first-order chi connectivity index (χ1) is 16.3. The Bertz CT molecular complexity index is 1340. The third kappa shape index (κ3) is 4.73. The smallest absolute Gasteiger partial charge is 0.279 e. The highest BCUT2D eigenvalue weighted by Crippen LogP contribution is 2.26. The number of amides is 2. The van der Waals surface area contributed by atoms with Gasteiger partial charge in [-0.3, -0.25) is 20.4 Å². The highest BCUT2D eigenvalue weighted by Gasteiger charge is 2.21. The van der Waals surface area contributed by atoms with Crippen molar-refractivity contribution in [1.82, 2.24) is 25.6 Å². The van der Waals surface area contributed by atoms with Gasteiger partial charge in [-0.05, 0) is 39.0 Å². The Balaban J connectivity index is 1.57. The van der Waals surface area contributed by atoms with E-state index >= 15 is 0 Å². The van der Waals surface area contributed by atoms with Crippen LogP contribution in [0, 0.1) is 5.82 Å². The number of benzene rings is 2. The van der Waals surface area contributed by atoms with Gasteiger partial charge in [0.1, 0.15) is 0 Å². The molecule has 2 aromatic heterocycles. The molecule has 2 heterocycles. The number of aromatic nitrogens is 3. The van der Waals surface area contributed by atoms with E-state index in [1.165, 1.54) is 25.1 Å². The van der Waals surface area contributed by atoms with E-state index in [9.17, 15) is 14.0 Å². The SMILES string of the molecule is CC(Oc1ccccc1F)C(=O)NNC(=O)c1cc(-c2ccccc2)nc2c1cnn2C(C)C. The molecule has 0 aliphatic rings. The number of ether oxygens (including phenoxy) is 1. The average Bonchev–Trinajstić information content (AvgIpc) is 3.28. The molecule has 1 atom stereocenters. The molecule has 0 fully saturated rings. The Morgan fingerprint density at radius 3 is 2.41 bits per heavy atom. The molecule has 2 N–H and O–H groups in total. The third-order valence-corrected chi connectivity index (χ3v) is 5.18. The topological polar surface area (TPSA) is 98.1 Å². The van der Waals surface area contributed by atoms with E-state index in [-0.39, 0.29) is 11.8 Å². The van der Waals surface area contributed by atoms with Crippen LogP contribution in [0.15, 0.2) is 66.9 Å². The predicted octanol–water partition coefficient (Wildman–Crippen LogP) is 4.05. The normalized spacial score (nSPS) is 11.9. The first kappa shape index (κ1) is 22.9. The number of pyridine rings is 1. The molecule has 0 aliphatic carbocycles. The molecule has 0 aliphatic heterocycles. The van der Waals surface area contributed by atoms with E-state index in [1.54, 1.807) is 23.0 Å². The van der Waals surface area contributed by atoms with Crippen molar-refractivity contribution >= 4 is 22.8 Å². The number of fused-ring (bicyclic) bond motifs is 1. The molecule has 1 unspecified atom stereocenters. The summed E-state index contributed by atoms with van der Waals surface area (Å²) in [5.41, 5.74) is 7.06. The standard InChI is InChI=1S/C25H24FN5O3/c1-15(2)31-23-19(14-27-31)18(13-21(28-23)17-9-5-4-6-10-17)25(33)30-29-24(32)16(3)34-22-12-8-7-11-20(22)26/h4-16H,1-3H3,(H,29,32)(H,30,33). The highest BCUT2D eigenvalue weighted by molar-refractivity contribution is 6.07. The maximum atomic E-state index is 13.8. The second-order valence-corrected chi connectivity index (χ2v) is 7.98. The summed E-state index contributed by atoms with van der Waals surface area (Å²) in [5, 5.41) is 4.93. The zero-order chi connectivity index (χ0) is 24.2. The van der Waals surface area contributed by atoms with Gasteiger partial charge in [-0.25, -0.2) is 14.1 Å². The first-order valence-electron chi connectivity index (χ1n) is 10.8. The van der Waals surface area contributed by atoms with Gasteiger partial charge in [0.2, 0.25) is 0 Å². The van der Waals surface area contributed by atoms with Crippen molar-refractivity contribution in [3.63, 3.8) is 0 Å². The van der Waals surface area contributed by atoms with Crippen molar-refractivity contribution < 1.29 is 18.7 Å². The minimum Gasteiger partial charge on any atom is -0.478 e. The van der Waals surface area contributed by atoms with Crippen LogP contribution in [0.4, 0.5) is 4.39 Å². The number of halogens is 1. The largest absolute Gasteiger partial charge is 0.478 e. The summed E-state index contributed by atoms with van der Waals surface area (Å²) in [6.45, 7) is 5.40. The number of carbonyl (C=O) groups is 2. The Labute approximate surface area is 195 Å². The minimum atomic E-state index is -1.04. The summed E-state index contributed by atoms with van der Waals surface area (Å²) in [7, 11) is 0. The molecule has 2 aromatic carbocycles. The Morgan fingerprint density at radius 2 is 1.71 bits per heavy atom. The van der Waals surface area contributed by atoms with Gasteiger partial charge in [0.25, 0.3) is 11.8 Å². The van der Waals surface area contributed by atoms with E-state index in [1.807, 2.05) is 44.2 Å². The van der Waals surface area contributed by atoms with Gasteiger partial charge in [0.05, 0.1) is 22.8 Å². The Kier molecular flexibility index (Phi) is 6.53. The summed E-state index contributed by atoms with van der Waals surface area (Å²) >= 11 is 0. The Hall–Kier alpha value is -4.27. The van der Waals surface area contributed by atoms with Crippen molar-refractivity contribution in [2.75, 3.05) is 0 Å². The van der Waals surface area contributed by atoms with Crippen LogP contribution in [0.1, 0.15) is 37.2 Å². The highest BCUT2D eigenvalue weighted by atomic mass is 19.1. The number of nitrogens with one attached hydrogen (secondary N) is 2. The number of hydrazine groups is 1. The van der Waals surface area contributed by atoms with Crippen LogP contribution >= 0.6 is 0 Å². The second kappa shape index (κ2) is 9.70. The van der Waals surface area contributed by atoms with E-state index in [4.69, 9.17) is 9.72 Å². The number of para-hydroxylation sites is 1. The summed E-state index contributed by atoms with van der Waals surface area (Å²) in [5.74, 6) is -1.82. The zero-order valence-corrected chi connectivity index (χ0v) is 18.9. The molecule has 4 rings (SSSR count). The number of nitrogens with zero attached hydrogens (tertiary/aromatic N) is 3. The number of rotatable bonds is 6. The van der Waals surface area contributed by atoms with Gasteiger partial charge in [-0.1, -0.05) is 42.5 Å². The lowest BCUT2D eigenvalue weighted by atomic mass is 10.1. The lowest BCUT2D eigenvalue weighted by Gasteiger charge is -2.16. The van der Waals surface area contributed by atoms with Crippen LogP contribution in [-0.4, -0.2) is 32.7 Å². The molecule has 0 bridgehead atoms. The monoisotopic (exact) mass is 461 g/mol. The number of hydrogen-bond acceptors (Lipinski definition) is 5. The van der Waals surface area contributed by atoms with Crippen LogP contribution in [0.25, 0.3) is 22.3 Å². The maximum absolute atomic E-state index is 13.8. The zero-order valence-electron chi connectivity index (χ0n) is 18.9. The summed E-state index contributed by atoms with van der Waals surface area (Å²) in [6, 6.07) is 16.9. The number of carbonyl (C=O) groups excluding carboxylic acids is 2. The van der Waals surface area contributed by atoms with Crippen LogP contribution < -0.4 is 15.6 Å². The molecule has 0 spiro atoms. The van der Waals surface area contributed by atoms with E-state index in [2.05, 4.69) is 16.0 Å². The summed E-state index contributed by atoms with van der Waals surface area (Å²) in [4.78, 5) is 30.2. The van der Waals surface area contributed by atoms with Gasteiger partial charge < -0.3 is 4.74 Å². The molecule has 4 aromatic rings.